The maximum absolute atomic E-state index is 11.7. The summed E-state index contributed by atoms with van der Waals surface area (Å²) in [5.41, 5.74) is 0.630. The van der Waals surface area contributed by atoms with Gasteiger partial charge in [0, 0.05) is 32.0 Å². The number of Topliss-reactive ketones (excluding diaryl/α,β-unsaturated/α-hetero) is 1. The molecule has 0 unspecified atom stereocenters. The number of amides is 1. The Hall–Kier alpha value is -1.68. The highest BCUT2D eigenvalue weighted by Gasteiger charge is 2.11. The van der Waals surface area contributed by atoms with Gasteiger partial charge in [0.15, 0.2) is 5.78 Å². The molecule has 4 heteroatoms. The van der Waals surface area contributed by atoms with Crippen molar-refractivity contribution in [2.45, 2.75) is 12.8 Å². The van der Waals surface area contributed by atoms with Crippen LogP contribution in [0.4, 0.5) is 0 Å². The minimum atomic E-state index is -0.122. The van der Waals surface area contributed by atoms with Crippen LogP contribution in [0.25, 0.3) is 0 Å². The van der Waals surface area contributed by atoms with E-state index in [1.54, 1.807) is 31.3 Å². The van der Waals surface area contributed by atoms with Crippen molar-refractivity contribution in [3.8, 4) is 0 Å². The Bertz CT molecular complexity index is 376. The zero-order chi connectivity index (χ0) is 12.7. The molecule has 0 atom stereocenters. The molecule has 1 aromatic rings. The van der Waals surface area contributed by atoms with Crippen LogP contribution in [0, 0.1) is 0 Å². The summed E-state index contributed by atoms with van der Waals surface area (Å²) in [4.78, 5) is 24.7. The average Bonchev–Trinajstić information content (AvgIpc) is 2.36. The number of carbonyl (C=O) groups is 2. The molecule has 0 radical (unpaired) electrons. The van der Waals surface area contributed by atoms with E-state index in [2.05, 4.69) is 0 Å². The lowest BCUT2D eigenvalue weighted by atomic mass is 10.1. The van der Waals surface area contributed by atoms with E-state index < -0.39 is 0 Å². The molecule has 1 amide bonds. The lowest BCUT2D eigenvalue weighted by Gasteiger charge is -2.15. The first-order valence-corrected chi connectivity index (χ1v) is 5.58. The number of hydrogen-bond acceptors (Lipinski definition) is 3. The number of carbonyl (C=O) groups excluding carboxylic acids is 2. The SMILES string of the molecule is CN(CCO)C(=O)CCC(=O)c1ccccc1. The Morgan fingerprint density at radius 2 is 1.82 bits per heavy atom. The van der Waals surface area contributed by atoms with Gasteiger partial charge < -0.3 is 10.0 Å². The minimum absolute atomic E-state index is 0.0312. The molecule has 1 rings (SSSR count). The summed E-state index contributed by atoms with van der Waals surface area (Å²) in [6, 6.07) is 8.92. The van der Waals surface area contributed by atoms with Crippen molar-refractivity contribution in [2.24, 2.45) is 0 Å². The van der Waals surface area contributed by atoms with Gasteiger partial charge in [0.25, 0.3) is 0 Å². The van der Waals surface area contributed by atoms with E-state index in [1.165, 1.54) is 4.90 Å². The summed E-state index contributed by atoms with van der Waals surface area (Å²) in [6.07, 6.45) is 0.392. The van der Waals surface area contributed by atoms with Gasteiger partial charge in [-0.3, -0.25) is 9.59 Å². The summed E-state index contributed by atoms with van der Waals surface area (Å²) in [6.45, 7) is 0.243. The second kappa shape index (κ2) is 6.81. The van der Waals surface area contributed by atoms with Gasteiger partial charge in [-0.2, -0.15) is 0 Å². The Morgan fingerprint density at radius 3 is 2.41 bits per heavy atom. The lowest BCUT2D eigenvalue weighted by Crippen LogP contribution is -2.29. The number of aliphatic hydroxyl groups is 1. The molecule has 0 heterocycles. The van der Waals surface area contributed by atoms with Crippen molar-refractivity contribution in [1.82, 2.24) is 4.90 Å². The Labute approximate surface area is 101 Å². The summed E-state index contributed by atoms with van der Waals surface area (Å²) in [5, 5.41) is 8.68. The molecule has 0 aliphatic heterocycles. The summed E-state index contributed by atoms with van der Waals surface area (Å²) >= 11 is 0. The van der Waals surface area contributed by atoms with Crippen LogP contribution in [0.15, 0.2) is 30.3 Å². The first-order chi connectivity index (χ1) is 8.15. The van der Waals surface area contributed by atoms with E-state index in [0.29, 0.717) is 12.1 Å². The number of rotatable bonds is 6. The largest absolute Gasteiger partial charge is 0.395 e. The topological polar surface area (TPSA) is 57.6 Å². The van der Waals surface area contributed by atoms with Gasteiger partial charge in [-0.15, -0.1) is 0 Å². The predicted molar refractivity (Wildman–Crippen MR) is 64.7 cm³/mol. The highest BCUT2D eigenvalue weighted by molar-refractivity contribution is 5.97. The zero-order valence-electron chi connectivity index (χ0n) is 9.93. The summed E-state index contributed by atoms with van der Waals surface area (Å²) in [7, 11) is 1.62. The molecular formula is C13H17NO3. The number of likely N-dealkylation sites (N-methyl/N-ethyl adjacent to an activating group) is 1. The molecule has 1 N–H and O–H groups in total. The molecule has 17 heavy (non-hydrogen) atoms. The van der Waals surface area contributed by atoms with Crippen molar-refractivity contribution < 1.29 is 14.7 Å². The predicted octanol–water partition coefficient (Wildman–Crippen LogP) is 1.10. The third kappa shape index (κ3) is 4.36. The van der Waals surface area contributed by atoms with Crippen molar-refractivity contribution in [1.29, 1.82) is 0 Å². The monoisotopic (exact) mass is 235 g/mol. The summed E-state index contributed by atoms with van der Waals surface area (Å²) in [5.74, 6) is -0.153. The van der Waals surface area contributed by atoms with Crippen LogP contribution in [0.1, 0.15) is 23.2 Å². The van der Waals surface area contributed by atoms with Crippen LogP contribution < -0.4 is 0 Å². The van der Waals surface area contributed by atoms with Crippen LogP contribution in [0.2, 0.25) is 0 Å². The van der Waals surface area contributed by atoms with E-state index in [9.17, 15) is 9.59 Å². The van der Waals surface area contributed by atoms with Gasteiger partial charge in [0.05, 0.1) is 6.61 Å². The summed E-state index contributed by atoms with van der Waals surface area (Å²) < 4.78 is 0. The molecule has 1 aromatic carbocycles. The molecule has 0 aliphatic rings. The van der Waals surface area contributed by atoms with E-state index in [0.717, 1.165) is 0 Å². The molecule has 0 spiro atoms. The van der Waals surface area contributed by atoms with Gasteiger partial charge in [0.1, 0.15) is 0 Å². The minimum Gasteiger partial charge on any atom is -0.395 e. The van der Waals surface area contributed by atoms with Gasteiger partial charge >= 0.3 is 0 Å². The van der Waals surface area contributed by atoms with Crippen LogP contribution in [0.3, 0.4) is 0 Å². The molecule has 0 fully saturated rings. The average molecular weight is 235 g/mol. The van der Waals surface area contributed by atoms with Crippen LogP contribution in [0.5, 0.6) is 0 Å². The van der Waals surface area contributed by atoms with Crippen molar-refractivity contribution in [3.05, 3.63) is 35.9 Å². The number of aliphatic hydroxyl groups excluding tert-OH is 1. The van der Waals surface area contributed by atoms with E-state index in [-0.39, 0.29) is 31.1 Å². The molecule has 0 aromatic heterocycles. The molecule has 0 aliphatic carbocycles. The number of hydrogen-bond donors (Lipinski definition) is 1. The van der Waals surface area contributed by atoms with Crippen molar-refractivity contribution >= 4 is 11.7 Å². The normalized spacial score (nSPS) is 10.0. The maximum atomic E-state index is 11.7. The Kier molecular flexibility index (Phi) is 5.36. The van der Waals surface area contributed by atoms with Gasteiger partial charge in [-0.05, 0) is 0 Å². The first kappa shape index (κ1) is 13.4. The van der Waals surface area contributed by atoms with Gasteiger partial charge in [-0.1, -0.05) is 30.3 Å². The first-order valence-electron chi connectivity index (χ1n) is 5.58. The van der Waals surface area contributed by atoms with Crippen LogP contribution in [-0.2, 0) is 4.79 Å². The van der Waals surface area contributed by atoms with Crippen LogP contribution in [-0.4, -0.2) is 41.9 Å². The molecule has 0 bridgehead atoms. The highest BCUT2D eigenvalue weighted by Crippen LogP contribution is 2.06. The number of ketones is 1. The third-order valence-corrected chi connectivity index (χ3v) is 2.52. The quantitative estimate of drug-likeness (QED) is 0.751. The fraction of sp³-hybridized carbons (Fsp3) is 0.385. The van der Waals surface area contributed by atoms with Crippen molar-refractivity contribution in [3.63, 3.8) is 0 Å². The molecule has 0 saturated heterocycles. The maximum Gasteiger partial charge on any atom is 0.222 e. The van der Waals surface area contributed by atoms with Gasteiger partial charge in [-0.25, -0.2) is 0 Å². The Morgan fingerprint density at radius 1 is 1.18 bits per heavy atom. The van der Waals surface area contributed by atoms with E-state index in [4.69, 9.17) is 5.11 Å². The number of nitrogens with zero attached hydrogens (tertiary/aromatic N) is 1. The standard InChI is InChI=1S/C13H17NO3/c1-14(9-10-15)13(17)8-7-12(16)11-5-3-2-4-6-11/h2-6,15H,7-10H2,1H3. The van der Waals surface area contributed by atoms with Crippen LogP contribution >= 0.6 is 0 Å². The van der Waals surface area contributed by atoms with Crippen molar-refractivity contribution in [2.75, 3.05) is 20.2 Å². The van der Waals surface area contributed by atoms with Gasteiger partial charge in [0.2, 0.25) is 5.91 Å². The molecule has 92 valence electrons. The second-order valence-electron chi connectivity index (χ2n) is 3.83. The fourth-order valence-electron chi connectivity index (χ4n) is 1.45. The number of benzene rings is 1. The highest BCUT2D eigenvalue weighted by atomic mass is 16.3. The smallest absolute Gasteiger partial charge is 0.222 e. The lowest BCUT2D eigenvalue weighted by molar-refractivity contribution is -0.130. The molecular weight excluding hydrogens is 218 g/mol. The molecule has 0 saturated carbocycles. The fourth-order valence-corrected chi connectivity index (χ4v) is 1.45. The molecule has 4 nitrogen and oxygen atoms in total. The third-order valence-electron chi connectivity index (χ3n) is 2.52. The van der Waals surface area contributed by atoms with E-state index >= 15 is 0 Å². The van der Waals surface area contributed by atoms with E-state index in [1.807, 2.05) is 6.07 Å². The zero-order valence-corrected chi connectivity index (χ0v) is 9.93. The second-order valence-corrected chi connectivity index (χ2v) is 3.83. The Balaban J connectivity index is 2.41.